The summed E-state index contributed by atoms with van der Waals surface area (Å²) in [7, 11) is 0. The average Bonchev–Trinajstić information content (AvgIpc) is 2.54. The molecule has 0 aromatic heterocycles. The highest BCUT2D eigenvalue weighted by Crippen LogP contribution is 2.39. The molecule has 1 fully saturated rings. The average molecular weight is 282 g/mol. The molecule has 1 saturated carbocycles. The Morgan fingerprint density at radius 2 is 2.14 bits per heavy atom. The van der Waals surface area contributed by atoms with Gasteiger partial charge in [-0.05, 0) is 30.0 Å². The summed E-state index contributed by atoms with van der Waals surface area (Å²) in [5.41, 5.74) is 1.98. The second kappa shape index (κ2) is 5.64. The van der Waals surface area contributed by atoms with E-state index in [0.29, 0.717) is 6.42 Å². The highest BCUT2D eigenvalue weighted by molar-refractivity contribution is 5.93. The normalized spacial score (nSPS) is 24.6. The molecular weight excluding hydrogens is 264 g/mol. The number of benzene rings is 1. The lowest BCUT2D eigenvalue weighted by atomic mass is 9.78. The number of carbonyl (C=O) groups excluding carboxylic acids is 2. The molecular formula is C17H18N2O2. The number of hydrogen-bond donors (Lipinski definition) is 0. The first-order valence-corrected chi connectivity index (χ1v) is 7.33. The molecule has 0 N–H and O–H groups in total. The second-order valence-electron chi connectivity index (χ2n) is 5.52. The van der Waals surface area contributed by atoms with Crippen LogP contribution in [0.25, 0.3) is 0 Å². The summed E-state index contributed by atoms with van der Waals surface area (Å²) in [6.45, 7) is 3.54. The fraction of sp³-hybridized carbons (Fsp3) is 0.353. The van der Waals surface area contributed by atoms with Gasteiger partial charge in [0.15, 0.2) is 0 Å². The SMILES string of the molecule is C=CC(=O)N1N=Cc2ccccc2C1C1CCCCC1=O. The molecule has 1 aliphatic heterocycles. The van der Waals surface area contributed by atoms with Gasteiger partial charge in [-0.15, -0.1) is 0 Å². The van der Waals surface area contributed by atoms with E-state index in [0.717, 1.165) is 30.4 Å². The third-order valence-corrected chi connectivity index (χ3v) is 4.28. The lowest BCUT2D eigenvalue weighted by Gasteiger charge is -2.37. The van der Waals surface area contributed by atoms with Gasteiger partial charge in [-0.2, -0.15) is 5.10 Å². The van der Waals surface area contributed by atoms with Crippen LogP contribution in [-0.4, -0.2) is 22.9 Å². The molecule has 1 amide bonds. The molecule has 108 valence electrons. The van der Waals surface area contributed by atoms with E-state index in [1.165, 1.54) is 11.1 Å². The Hall–Kier alpha value is -2.23. The number of ketones is 1. The van der Waals surface area contributed by atoms with Gasteiger partial charge >= 0.3 is 0 Å². The van der Waals surface area contributed by atoms with Gasteiger partial charge in [-0.1, -0.05) is 37.3 Å². The van der Waals surface area contributed by atoms with Gasteiger partial charge in [-0.3, -0.25) is 9.59 Å². The van der Waals surface area contributed by atoms with Gasteiger partial charge in [0.05, 0.1) is 12.3 Å². The van der Waals surface area contributed by atoms with Crippen LogP contribution in [0, 0.1) is 5.92 Å². The van der Waals surface area contributed by atoms with Gasteiger partial charge in [-0.25, -0.2) is 5.01 Å². The van der Waals surface area contributed by atoms with Crippen molar-refractivity contribution in [3.63, 3.8) is 0 Å². The number of hydrogen-bond acceptors (Lipinski definition) is 3. The van der Waals surface area contributed by atoms with E-state index in [1.54, 1.807) is 6.21 Å². The molecule has 0 saturated heterocycles. The fourth-order valence-electron chi connectivity index (χ4n) is 3.24. The minimum Gasteiger partial charge on any atom is -0.299 e. The molecule has 0 spiro atoms. The van der Waals surface area contributed by atoms with Gasteiger partial charge < -0.3 is 0 Å². The second-order valence-corrected chi connectivity index (χ2v) is 5.52. The van der Waals surface area contributed by atoms with Crippen LogP contribution in [0.5, 0.6) is 0 Å². The highest BCUT2D eigenvalue weighted by Gasteiger charge is 2.39. The molecule has 2 unspecified atom stereocenters. The van der Waals surface area contributed by atoms with Crippen LogP contribution in [0.15, 0.2) is 42.0 Å². The zero-order valence-electron chi connectivity index (χ0n) is 11.9. The van der Waals surface area contributed by atoms with Crippen molar-refractivity contribution in [3.05, 3.63) is 48.0 Å². The summed E-state index contributed by atoms with van der Waals surface area (Å²) < 4.78 is 0. The Labute approximate surface area is 124 Å². The molecule has 3 rings (SSSR count). The van der Waals surface area contributed by atoms with Crippen LogP contribution in [0.3, 0.4) is 0 Å². The predicted molar refractivity (Wildman–Crippen MR) is 80.8 cm³/mol. The van der Waals surface area contributed by atoms with Gasteiger partial charge in [0, 0.05) is 12.3 Å². The third-order valence-electron chi connectivity index (χ3n) is 4.28. The van der Waals surface area contributed by atoms with Crippen molar-refractivity contribution in [3.8, 4) is 0 Å². The van der Waals surface area contributed by atoms with E-state index < -0.39 is 0 Å². The van der Waals surface area contributed by atoms with Crippen molar-refractivity contribution < 1.29 is 9.59 Å². The molecule has 2 atom stereocenters. The third kappa shape index (κ3) is 2.42. The number of amides is 1. The summed E-state index contributed by atoms with van der Waals surface area (Å²) in [6.07, 6.45) is 6.32. The van der Waals surface area contributed by atoms with Crippen LogP contribution < -0.4 is 0 Å². The van der Waals surface area contributed by atoms with Gasteiger partial charge in [0.1, 0.15) is 5.78 Å². The molecule has 1 aromatic rings. The molecule has 2 aliphatic rings. The molecule has 0 bridgehead atoms. The molecule has 0 radical (unpaired) electrons. The Kier molecular flexibility index (Phi) is 3.69. The van der Waals surface area contributed by atoms with E-state index in [-0.39, 0.29) is 23.7 Å². The van der Waals surface area contributed by atoms with E-state index in [2.05, 4.69) is 11.7 Å². The Bertz CT molecular complexity index is 621. The fourth-order valence-corrected chi connectivity index (χ4v) is 3.24. The summed E-state index contributed by atoms with van der Waals surface area (Å²) in [4.78, 5) is 24.5. The quantitative estimate of drug-likeness (QED) is 0.783. The van der Waals surface area contributed by atoms with Crippen LogP contribution in [-0.2, 0) is 9.59 Å². The molecule has 4 heteroatoms. The molecule has 4 nitrogen and oxygen atoms in total. The number of Topliss-reactive ketones (excluding diaryl/α,β-unsaturated/α-hetero) is 1. The van der Waals surface area contributed by atoms with Crippen molar-refractivity contribution in [1.82, 2.24) is 5.01 Å². The Balaban J connectivity index is 2.06. The molecule has 1 heterocycles. The maximum Gasteiger partial charge on any atom is 0.266 e. The first kappa shape index (κ1) is 13.7. The number of nitrogens with zero attached hydrogens (tertiary/aromatic N) is 2. The number of hydrazone groups is 1. The monoisotopic (exact) mass is 282 g/mol. The zero-order chi connectivity index (χ0) is 14.8. The van der Waals surface area contributed by atoms with Crippen LogP contribution >= 0.6 is 0 Å². The summed E-state index contributed by atoms with van der Waals surface area (Å²) in [5.74, 6) is -0.189. The first-order chi connectivity index (χ1) is 10.2. The van der Waals surface area contributed by atoms with Crippen LogP contribution in [0.1, 0.15) is 42.9 Å². The van der Waals surface area contributed by atoms with E-state index in [4.69, 9.17) is 0 Å². The maximum absolute atomic E-state index is 12.3. The minimum atomic E-state index is -0.301. The van der Waals surface area contributed by atoms with Crippen molar-refractivity contribution >= 4 is 17.9 Å². The molecule has 1 aromatic carbocycles. The van der Waals surface area contributed by atoms with E-state index >= 15 is 0 Å². The topological polar surface area (TPSA) is 49.7 Å². The summed E-state index contributed by atoms with van der Waals surface area (Å²) in [5, 5.41) is 5.69. The van der Waals surface area contributed by atoms with Crippen molar-refractivity contribution in [2.45, 2.75) is 31.7 Å². The van der Waals surface area contributed by atoms with Crippen molar-refractivity contribution in [2.24, 2.45) is 11.0 Å². The smallest absolute Gasteiger partial charge is 0.266 e. The molecule has 21 heavy (non-hydrogen) atoms. The van der Waals surface area contributed by atoms with Crippen molar-refractivity contribution in [1.29, 1.82) is 0 Å². The van der Waals surface area contributed by atoms with Crippen LogP contribution in [0.4, 0.5) is 0 Å². The summed E-state index contributed by atoms with van der Waals surface area (Å²) in [6, 6.07) is 7.53. The van der Waals surface area contributed by atoms with Gasteiger partial charge in [0.2, 0.25) is 0 Å². The van der Waals surface area contributed by atoms with Gasteiger partial charge in [0.25, 0.3) is 5.91 Å². The zero-order valence-corrected chi connectivity index (χ0v) is 11.9. The largest absolute Gasteiger partial charge is 0.299 e. The first-order valence-electron chi connectivity index (χ1n) is 7.33. The summed E-state index contributed by atoms with van der Waals surface area (Å²) >= 11 is 0. The Morgan fingerprint density at radius 3 is 2.90 bits per heavy atom. The maximum atomic E-state index is 12.3. The lowest BCUT2D eigenvalue weighted by molar-refractivity contribution is -0.134. The van der Waals surface area contributed by atoms with E-state index in [1.807, 2.05) is 24.3 Å². The van der Waals surface area contributed by atoms with Crippen LogP contribution in [0.2, 0.25) is 0 Å². The standard InChI is InChI=1S/C17H18N2O2/c1-2-16(21)19-17(14-9-5-6-10-15(14)20)13-8-4-3-7-12(13)11-18-19/h2-4,7-8,11,14,17H,1,5-6,9-10H2. The molecule has 1 aliphatic carbocycles. The van der Waals surface area contributed by atoms with Crippen molar-refractivity contribution in [2.75, 3.05) is 0 Å². The predicted octanol–water partition coefficient (Wildman–Crippen LogP) is 2.85. The number of carbonyl (C=O) groups is 2. The Morgan fingerprint density at radius 1 is 1.33 bits per heavy atom. The highest BCUT2D eigenvalue weighted by atomic mass is 16.2. The number of rotatable bonds is 2. The minimum absolute atomic E-state index is 0.166. The van der Waals surface area contributed by atoms with E-state index in [9.17, 15) is 9.59 Å². The number of fused-ring (bicyclic) bond motifs is 1. The lowest BCUT2D eigenvalue weighted by Crippen LogP contribution is -2.40.